The Balaban J connectivity index is 1.53. The Hall–Kier alpha value is -1.23. The molecule has 3 fully saturated rings. The zero-order chi connectivity index (χ0) is 26.5. The van der Waals surface area contributed by atoms with Crippen LogP contribution in [0.25, 0.3) is 0 Å². The zero-order valence-electron chi connectivity index (χ0n) is 20.8. The van der Waals surface area contributed by atoms with Gasteiger partial charge < -0.3 is 50.6 Å². The summed E-state index contributed by atoms with van der Waals surface area (Å²) in [4.78, 5) is 0.207. The lowest BCUT2D eigenvalue weighted by Gasteiger charge is -2.60. The van der Waals surface area contributed by atoms with Crippen molar-refractivity contribution in [3.8, 4) is 0 Å². The van der Waals surface area contributed by atoms with Crippen molar-refractivity contribution in [2.24, 2.45) is 0 Å². The first kappa shape index (κ1) is 27.8. The summed E-state index contributed by atoms with van der Waals surface area (Å²) >= 11 is 0. The number of sulfone groups is 1. The van der Waals surface area contributed by atoms with Crippen molar-refractivity contribution < 1.29 is 43.1 Å². The van der Waals surface area contributed by atoms with E-state index in [1.54, 1.807) is 33.2 Å². The SMILES string of the molecule is CN[C@@H]1[C@H](O)[C@H](NC)[C@H]2O[C@]3(O)[C@H](OC2[C@H]1O)O[C@H](C)C[C@@]3(O)CNCc1ccc(S(C)(=O)=O)cc1. The van der Waals surface area contributed by atoms with Gasteiger partial charge in [0.15, 0.2) is 9.84 Å². The Labute approximate surface area is 210 Å². The first-order valence-electron chi connectivity index (χ1n) is 12.0. The van der Waals surface area contributed by atoms with E-state index in [2.05, 4.69) is 16.0 Å². The van der Waals surface area contributed by atoms with E-state index in [1.165, 1.54) is 12.1 Å². The third kappa shape index (κ3) is 4.83. The molecule has 10 atom stereocenters. The van der Waals surface area contributed by atoms with E-state index in [4.69, 9.17) is 14.2 Å². The Kier molecular flexibility index (Phi) is 7.84. The topological polar surface area (TPSA) is 179 Å². The minimum absolute atomic E-state index is 0.0230. The van der Waals surface area contributed by atoms with Gasteiger partial charge in [0.1, 0.15) is 23.9 Å². The fourth-order valence-corrected chi connectivity index (χ4v) is 6.13. The van der Waals surface area contributed by atoms with Crippen molar-refractivity contribution in [1.29, 1.82) is 0 Å². The number of likely N-dealkylation sites (N-methyl/N-ethyl adjacent to an activating group) is 2. The molecule has 0 spiro atoms. The van der Waals surface area contributed by atoms with Gasteiger partial charge in [-0.3, -0.25) is 0 Å². The molecule has 2 heterocycles. The predicted molar refractivity (Wildman–Crippen MR) is 128 cm³/mol. The molecule has 1 saturated carbocycles. The lowest BCUT2D eigenvalue weighted by atomic mass is 9.77. The maximum Gasteiger partial charge on any atom is 0.249 e. The zero-order valence-corrected chi connectivity index (χ0v) is 21.6. The molecule has 12 nitrogen and oxygen atoms in total. The van der Waals surface area contributed by atoms with Crippen LogP contribution >= 0.6 is 0 Å². The average molecular weight is 532 g/mol. The third-order valence-corrected chi connectivity index (χ3v) is 8.58. The normalized spacial score (nSPS) is 43.0. The number of hydrogen-bond acceptors (Lipinski definition) is 12. The summed E-state index contributed by atoms with van der Waals surface area (Å²) in [5.41, 5.74) is -1.07. The van der Waals surface area contributed by atoms with Crippen LogP contribution in [0.2, 0.25) is 0 Å². The molecule has 0 aromatic heterocycles. The van der Waals surface area contributed by atoms with Crippen LogP contribution in [-0.4, -0.2) is 116 Å². The fraction of sp³-hybridized carbons (Fsp3) is 0.739. The molecule has 1 aromatic rings. The number of rotatable bonds is 7. The number of hydrogen-bond donors (Lipinski definition) is 7. The van der Waals surface area contributed by atoms with Gasteiger partial charge in [-0.1, -0.05) is 12.1 Å². The van der Waals surface area contributed by atoms with Gasteiger partial charge in [-0.05, 0) is 38.7 Å². The second-order valence-corrected chi connectivity index (χ2v) is 12.0. The standard InChI is InChI=1S/C23H37N3O9S/c1-12-9-22(29,11-26-10-13-5-7-14(8-6-13)36(4,31)32)23(30)21(33-12)34-20-18(28)15(24-2)17(27)16(25-3)19(20)35-23/h5-8,12,15-21,24-30H,9-11H2,1-4H3/t12-,15-,16+,17+,18+,19-,20?,21+,22-,23-/m1/s1. The van der Waals surface area contributed by atoms with E-state index in [0.717, 1.165) is 11.8 Å². The van der Waals surface area contributed by atoms with Gasteiger partial charge in [0.25, 0.3) is 0 Å². The number of aliphatic hydroxyl groups excluding tert-OH is 2. The third-order valence-electron chi connectivity index (χ3n) is 7.45. The summed E-state index contributed by atoms with van der Waals surface area (Å²) in [7, 11) is -0.0711. The van der Waals surface area contributed by atoms with E-state index in [9.17, 15) is 28.8 Å². The molecule has 3 aliphatic rings. The van der Waals surface area contributed by atoms with Crippen LogP contribution in [0.3, 0.4) is 0 Å². The lowest BCUT2D eigenvalue weighted by molar-refractivity contribution is -0.482. The highest BCUT2D eigenvalue weighted by molar-refractivity contribution is 7.90. The highest BCUT2D eigenvalue weighted by atomic mass is 32.2. The minimum atomic E-state index is -3.31. The summed E-state index contributed by atoms with van der Waals surface area (Å²) in [6.07, 6.45) is -4.88. The van der Waals surface area contributed by atoms with Crippen molar-refractivity contribution >= 4 is 9.84 Å². The molecule has 204 valence electrons. The van der Waals surface area contributed by atoms with Crippen LogP contribution in [0.4, 0.5) is 0 Å². The van der Waals surface area contributed by atoms with E-state index in [-0.39, 0.29) is 24.4 Å². The summed E-state index contributed by atoms with van der Waals surface area (Å²) in [5.74, 6) is -2.30. The molecule has 1 aliphatic carbocycles. The summed E-state index contributed by atoms with van der Waals surface area (Å²) in [6, 6.07) is 4.93. The van der Waals surface area contributed by atoms with E-state index in [1.807, 2.05) is 0 Å². The molecule has 36 heavy (non-hydrogen) atoms. The second kappa shape index (κ2) is 10.2. The van der Waals surface area contributed by atoms with Crippen LogP contribution < -0.4 is 16.0 Å². The summed E-state index contributed by atoms with van der Waals surface area (Å²) in [5, 5.41) is 53.9. The highest BCUT2D eigenvalue weighted by Gasteiger charge is 2.68. The molecule has 1 unspecified atom stereocenters. The Morgan fingerprint density at radius 1 is 1.00 bits per heavy atom. The maximum atomic E-state index is 11.7. The number of nitrogens with one attached hydrogen (secondary N) is 3. The summed E-state index contributed by atoms with van der Waals surface area (Å²) < 4.78 is 41.2. The summed E-state index contributed by atoms with van der Waals surface area (Å²) in [6.45, 7) is 1.92. The highest BCUT2D eigenvalue weighted by Crippen LogP contribution is 2.46. The van der Waals surface area contributed by atoms with Gasteiger partial charge in [0.2, 0.25) is 12.1 Å². The molecule has 0 bridgehead atoms. The molecule has 0 radical (unpaired) electrons. The molecular weight excluding hydrogens is 494 g/mol. The smallest absolute Gasteiger partial charge is 0.249 e. The van der Waals surface area contributed by atoms with Gasteiger partial charge in [-0.25, -0.2) is 8.42 Å². The molecule has 13 heteroatoms. The Morgan fingerprint density at radius 2 is 1.64 bits per heavy atom. The van der Waals surface area contributed by atoms with Crippen LogP contribution in [0.1, 0.15) is 18.9 Å². The van der Waals surface area contributed by atoms with Crippen molar-refractivity contribution in [2.75, 3.05) is 26.9 Å². The van der Waals surface area contributed by atoms with E-state index >= 15 is 0 Å². The molecule has 7 N–H and O–H groups in total. The van der Waals surface area contributed by atoms with E-state index < -0.39 is 70.1 Å². The minimum Gasteiger partial charge on any atom is -0.390 e. The molecule has 2 aliphatic heterocycles. The monoisotopic (exact) mass is 531 g/mol. The Bertz CT molecular complexity index is 1030. The van der Waals surface area contributed by atoms with Crippen LogP contribution in [0.5, 0.6) is 0 Å². The number of fused-ring (bicyclic) bond motifs is 2. The van der Waals surface area contributed by atoms with E-state index in [0.29, 0.717) is 0 Å². The second-order valence-electron chi connectivity index (χ2n) is 10.0. The van der Waals surface area contributed by atoms with Crippen LogP contribution in [0.15, 0.2) is 29.2 Å². The van der Waals surface area contributed by atoms with Crippen molar-refractivity contribution in [1.82, 2.24) is 16.0 Å². The number of benzene rings is 1. The fourth-order valence-electron chi connectivity index (χ4n) is 5.50. The Morgan fingerprint density at radius 3 is 2.22 bits per heavy atom. The average Bonchev–Trinajstić information content (AvgIpc) is 2.80. The molecule has 2 saturated heterocycles. The van der Waals surface area contributed by atoms with Crippen LogP contribution in [-0.2, 0) is 30.6 Å². The lowest BCUT2D eigenvalue weighted by Crippen LogP contribution is -2.81. The van der Waals surface area contributed by atoms with Crippen LogP contribution in [0, 0.1) is 0 Å². The molecule has 0 amide bonds. The molecule has 4 rings (SSSR count). The molecule has 1 aromatic carbocycles. The maximum absolute atomic E-state index is 11.7. The quantitative estimate of drug-likeness (QED) is 0.196. The van der Waals surface area contributed by atoms with Crippen molar-refractivity contribution in [3.63, 3.8) is 0 Å². The van der Waals surface area contributed by atoms with Crippen molar-refractivity contribution in [2.45, 2.75) is 85.1 Å². The van der Waals surface area contributed by atoms with Crippen molar-refractivity contribution in [3.05, 3.63) is 29.8 Å². The predicted octanol–water partition coefficient (Wildman–Crippen LogP) is -2.57. The van der Waals surface area contributed by atoms with Gasteiger partial charge in [-0.15, -0.1) is 0 Å². The first-order chi connectivity index (χ1) is 16.8. The van der Waals surface area contributed by atoms with Gasteiger partial charge in [-0.2, -0.15) is 0 Å². The van der Waals surface area contributed by atoms with Gasteiger partial charge >= 0.3 is 0 Å². The van der Waals surface area contributed by atoms with Gasteiger partial charge in [0, 0.05) is 25.8 Å². The largest absolute Gasteiger partial charge is 0.390 e. The number of aliphatic hydroxyl groups is 4. The van der Waals surface area contributed by atoms with Gasteiger partial charge in [0.05, 0.1) is 29.2 Å². The molecular formula is C23H37N3O9S. The number of ether oxygens (including phenoxy) is 3. The first-order valence-corrected chi connectivity index (χ1v) is 13.9.